The standard InChI is InChI=1S/C48H29NO2S/c1-4-10-43-37(7-1)39-24-17-32(27-45(39)50-43)30-13-19-34(20-14-30)49(36-23-26-42-41-9-3-6-12-47(41)52-48(42)29-36)35-21-15-31(16-22-35)33-18-25-40-38-8-2-5-11-44(38)51-46(40)28-33/h1-29H. The van der Waals surface area contributed by atoms with Gasteiger partial charge in [-0.25, -0.2) is 0 Å². The Morgan fingerprint density at radius 1 is 0.308 bits per heavy atom. The number of benzene rings is 8. The van der Waals surface area contributed by atoms with E-state index in [1.807, 2.05) is 35.6 Å². The molecule has 3 heterocycles. The lowest BCUT2D eigenvalue weighted by atomic mass is 10.0. The Morgan fingerprint density at radius 3 is 1.31 bits per heavy atom. The van der Waals surface area contributed by atoms with E-state index in [2.05, 4.69) is 157 Å². The van der Waals surface area contributed by atoms with Gasteiger partial charge >= 0.3 is 0 Å². The number of hydrogen-bond acceptors (Lipinski definition) is 4. The maximum absolute atomic E-state index is 6.21. The fourth-order valence-electron chi connectivity index (χ4n) is 7.72. The van der Waals surface area contributed by atoms with E-state index >= 15 is 0 Å². The van der Waals surface area contributed by atoms with Crippen LogP contribution in [-0.2, 0) is 0 Å². The summed E-state index contributed by atoms with van der Waals surface area (Å²) in [5.74, 6) is 0. The fraction of sp³-hybridized carbons (Fsp3) is 0. The molecule has 3 nitrogen and oxygen atoms in total. The first-order valence-electron chi connectivity index (χ1n) is 17.5. The van der Waals surface area contributed by atoms with Gasteiger partial charge in [0.05, 0.1) is 0 Å². The molecule has 0 aliphatic carbocycles. The van der Waals surface area contributed by atoms with Crippen LogP contribution in [0.15, 0.2) is 185 Å². The number of hydrogen-bond donors (Lipinski definition) is 0. The van der Waals surface area contributed by atoms with Crippen molar-refractivity contribution in [1.29, 1.82) is 0 Å². The predicted octanol–water partition coefficient (Wildman–Crippen LogP) is 14.7. The van der Waals surface area contributed by atoms with Gasteiger partial charge in [-0.05, 0) is 101 Å². The molecule has 0 unspecified atom stereocenters. The Bertz CT molecular complexity index is 2970. The lowest BCUT2D eigenvalue weighted by Crippen LogP contribution is -2.09. The van der Waals surface area contributed by atoms with Crippen molar-refractivity contribution in [3.63, 3.8) is 0 Å². The van der Waals surface area contributed by atoms with Gasteiger partial charge in [-0.2, -0.15) is 0 Å². The molecule has 0 amide bonds. The van der Waals surface area contributed by atoms with Crippen LogP contribution in [0.1, 0.15) is 0 Å². The molecular weight excluding hydrogens is 655 g/mol. The minimum Gasteiger partial charge on any atom is -0.456 e. The number of rotatable bonds is 5. The molecule has 11 rings (SSSR count). The lowest BCUT2D eigenvalue weighted by Gasteiger charge is -2.26. The smallest absolute Gasteiger partial charge is 0.136 e. The van der Waals surface area contributed by atoms with Crippen LogP contribution in [0.2, 0.25) is 0 Å². The van der Waals surface area contributed by atoms with Crippen molar-refractivity contribution < 1.29 is 8.83 Å². The Balaban J connectivity index is 0.992. The van der Waals surface area contributed by atoms with Crippen LogP contribution in [0.3, 0.4) is 0 Å². The zero-order valence-corrected chi connectivity index (χ0v) is 28.7. The summed E-state index contributed by atoms with van der Waals surface area (Å²) in [5, 5.41) is 7.16. The predicted molar refractivity (Wildman–Crippen MR) is 219 cm³/mol. The molecule has 0 atom stereocenters. The molecule has 0 saturated heterocycles. The van der Waals surface area contributed by atoms with Crippen molar-refractivity contribution in [3.05, 3.63) is 176 Å². The Hall–Kier alpha value is -6.62. The third-order valence-corrected chi connectivity index (χ3v) is 11.4. The first-order valence-corrected chi connectivity index (χ1v) is 18.3. The van der Waals surface area contributed by atoms with Gasteiger partial charge in [-0.15, -0.1) is 11.3 Å². The molecule has 4 heteroatoms. The monoisotopic (exact) mass is 683 g/mol. The van der Waals surface area contributed by atoms with E-state index in [1.165, 1.54) is 20.2 Å². The lowest BCUT2D eigenvalue weighted by molar-refractivity contribution is 0.668. The van der Waals surface area contributed by atoms with E-state index in [0.717, 1.165) is 83.2 Å². The highest BCUT2D eigenvalue weighted by molar-refractivity contribution is 7.25. The number of anilines is 3. The second-order valence-electron chi connectivity index (χ2n) is 13.3. The van der Waals surface area contributed by atoms with Gasteiger partial charge in [0.25, 0.3) is 0 Å². The second-order valence-corrected chi connectivity index (χ2v) is 14.4. The number of nitrogens with zero attached hydrogens (tertiary/aromatic N) is 1. The zero-order valence-electron chi connectivity index (χ0n) is 27.9. The van der Waals surface area contributed by atoms with Crippen LogP contribution in [-0.4, -0.2) is 0 Å². The number of furan rings is 2. The van der Waals surface area contributed by atoms with Gasteiger partial charge < -0.3 is 13.7 Å². The van der Waals surface area contributed by atoms with Crippen LogP contribution in [0.4, 0.5) is 17.1 Å². The van der Waals surface area contributed by atoms with Crippen molar-refractivity contribution in [1.82, 2.24) is 0 Å². The normalized spacial score (nSPS) is 11.8. The van der Waals surface area contributed by atoms with Crippen LogP contribution in [0.5, 0.6) is 0 Å². The van der Waals surface area contributed by atoms with Crippen LogP contribution in [0, 0.1) is 0 Å². The minimum atomic E-state index is 0.903. The van der Waals surface area contributed by atoms with Gasteiger partial charge in [0, 0.05) is 58.8 Å². The molecule has 0 fully saturated rings. The van der Waals surface area contributed by atoms with E-state index in [0.29, 0.717) is 0 Å². The molecular formula is C48H29NO2S. The second kappa shape index (κ2) is 11.5. The zero-order chi connectivity index (χ0) is 34.2. The van der Waals surface area contributed by atoms with Gasteiger partial charge in [0.2, 0.25) is 0 Å². The average Bonchev–Trinajstić information content (AvgIpc) is 3.89. The van der Waals surface area contributed by atoms with Crippen molar-refractivity contribution in [2.45, 2.75) is 0 Å². The van der Waals surface area contributed by atoms with E-state index < -0.39 is 0 Å². The Morgan fingerprint density at radius 2 is 0.731 bits per heavy atom. The maximum atomic E-state index is 6.21. The molecule has 0 spiro atoms. The molecule has 0 bridgehead atoms. The largest absolute Gasteiger partial charge is 0.456 e. The van der Waals surface area contributed by atoms with E-state index in [9.17, 15) is 0 Å². The summed E-state index contributed by atoms with van der Waals surface area (Å²) in [4.78, 5) is 2.35. The summed E-state index contributed by atoms with van der Waals surface area (Å²) in [6.45, 7) is 0. The van der Waals surface area contributed by atoms with Gasteiger partial charge in [0.15, 0.2) is 0 Å². The molecule has 8 aromatic carbocycles. The Labute approximate surface area is 303 Å². The number of thiophene rings is 1. The van der Waals surface area contributed by atoms with Crippen molar-refractivity contribution in [2.75, 3.05) is 4.90 Å². The number of fused-ring (bicyclic) bond motifs is 9. The first-order chi connectivity index (χ1) is 25.7. The number of para-hydroxylation sites is 2. The third kappa shape index (κ3) is 4.65. The van der Waals surface area contributed by atoms with E-state index in [-0.39, 0.29) is 0 Å². The van der Waals surface area contributed by atoms with Crippen molar-refractivity contribution >= 4 is 92.4 Å². The molecule has 0 saturated carbocycles. The third-order valence-electron chi connectivity index (χ3n) is 10.3. The first kappa shape index (κ1) is 29.1. The summed E-state index contributed by atoms with van der Waals surface area (Å²) in [5.41, 5.74) is 11.5. The summed E-state index contributed by atoms with van der Waals surface area (Å²) >= 11 is 1.84. The van der Waals surface area contributed by atoms with E-state index in [1.54, 1.807) is 0 Å². The van der Waals surface area contributed by atoms with Gasteiger partial charge in [-0.3, -0.25) is 0 Å². The molecule has 11 aromatic rings. The molecule has 3 aromatic heterocycles. The summed E-state index contributed by atoms with van der Waals surface area (Å²) in [7, 11) is 0. The van der Waals surface area contributed by atoms with Crippen LogP contribution < -0.4 is 4.90 Å². The topological polar surface area (TPSA) is 29.5 Å². The van der Waals surface area contributed by atoms with Crippen LogP contribution in [0.25, 0.3) is 86.3 Å². The molecule has 0 aliphatic heterocycles. The minimum absolute atomic E-state index is 0.903. The highest BCUT2D eigenvalue weighted by Crippen LogP contribution is 2.42. The highest BCUT2D eigenvalue weighted by atomic mass is 32.1. The van der Waals surface area contributed by atoms with Crippen molar-refractivity contribution in [2.24, 2.45) is 0 Å². The SMILES string of the molecule is c1ccc2c(c1)oc1cc(-c3ccc(N(c4ccc(-c5ccc6c(c5)oc5ccccc56)cc4)c4ccc5c(c4)sc4ccccc45)cc3)ccc12. The maximum Gasteiger partial charge on any atom is 0.136 e. The quantitative estimate of drug-likeness (QED) is 0.181. The average molecular weight is 684 g/mol. The van der Waals surface area contributed by atoms with Gasteiger partial charge in [0.1, 0.15) is 22.3 Å². The Kier molecular flexibility index (Phi) is 6.42. The summed E-state index contributed by atoms with van der Waals surface area (Å²) < 4.78 is 15.0. The van der Waals surface area contributed by atoms with Crippen LogP contribution >= 0.6 is 11.3 Å². The molecule has 0 aliphatic rings. The molecule has 244 valence electrons. The summed E-state index contributed by atoms with van der Waals surface area (Å²) in [6, 6.07) is 62.7. The molecule has 52 heavy (non-hydrogen) atoms. The molecule has 0 radical (unpaired) electrons. The fourth-order valence-corrected chi connectivity index (χ4v) is 8.86. The highest BCUT2D eigenvalue weighted by Gasteiger charge is 2.16. The summed E-state index contributed by atoms with van der Waals surface area (Å²) in [6.07, 6.45) is 0. The molecule has 0 N–H and O–H groups in total. The van der Waals surface area contributed by atoms with Gasteiger partial charge in [-0.1, -0.05) is 97.1 Å². The van der Waals surface area contributed by atoms with Crippen molar-refractivity contribution in [3.8, 4) is 22.3 Å². The van der Waals surface area contributed by atoms with E-state index in [4.69, 9.17) is 8.83 Å².